The second-order valence-electron chi connectivity index (χ2n) is 6.07. The molecule has 0 fully saturated rings. The molecule has 102 valence electrons. The zero-order chi connectivity index (χ0) is 13.3. The van der Waals surface area contributed by atoms with Crippen LogP contribution in [0, 0.1) is 0 Å². The van der Waals surface area contributed by atoms with Gasteiger partial charge in [0.1, 0.15) is 0 Å². The summed E-state index contributed by atoms with van der Waals surface area (Å²) < 4.78 is 0. The van der Waals surface area contributed by atoms with Gasteiger partial charge in [-0.25, -0.2) is 0 Å². The van der Waals surface area contributed by atoms with Gasteiger partial charge in [-0.2, -0.15) is 0 Å². The molecule has 0 saturated heterocycles. The fourth-order valence-electron chi connectivity index (χ4n) is 2.48. The SMILES string of the molecule is CCCCCCCC[As+](C)(C)Cc1ccccc1. The second kappa shape index (κ2) is 8.81. The summed E-state index contributed by atoms with van der Waals surface area (Å²) in [6, 6.07) is 11.1. The van der Waals surface area contributed by atoms with Crippen molar-refractivity contribution in [1.82, 2.24) is 0 Å². The van der Waals surface area contributed by atoms with Gasteiger partial charge < -0.3 is 0 Å². The Balaban J connectivity index is 2.19. The third-order valence-electron chi connectivity index (χ3n) is 3.57. The molecular weight excluding hydrogens is 279 g/mol. The Morgan fingerprint density at radius 3 is 2.11 bits per heavy atom. The van der Waals surface area contributed by atoms with Crippen LogP contribution in [0.5, 0.6) is 0 Å². The Labute approximate surface area is 117 Å². The summed E-state index contributed by atoms with van der Waals surface area (Å²) in [5.74, 6) is 0. The first-order valence-corrected chi connectivity index (χ1v) is 13.9. The molecule has 0 nitrogen and oxygen atoms in total. The van der Waals surface area contributed by atoms with Crippen LogP contribution in [0.2, 0.25) is 16.6 Å². The van der Waals surface area contributed by atoms with Gasteiger partial charge in [0.25, 0.3) is 0 Å². The Bertz CT molecular complexity index is 303. The van der Waals surface area contributed by atoms with Crippen molar-refractivity contribution >= 4 is 13.6 Å². The molecule has 1 rings (SSSR count). The van der Waals surface area contributed by atoms with Gasteiger partial charge >= 0.3 is 117 Å². The van der Waals surface area contributed by atoms with Crippen LogP contribution >= 0.6 is 0 Å². The van der Waals surface area contributed by atoms with Gasteiger partial charge in [0.2, 0.25) is 0 Å². The number of benzene rings is 1. The predicted octanol–water partition coefficient (Wildman–Crippen LogP) is 5.84. The van der Waals surface area contributed by atoms with E-state index in [0.717, 1.165) is 0 Å². The summed E-state index contributed by atoms with van der Waals surface area (Å²) in [5, 5.41) is 2.91. The topological polar surface area (TPSA) is 0 Å². The van der Waals surface area contributed by atoms with Gasteiger partial charge in [-0.3, -0.25) is 0 Å². The Morgan fingerprint density at radius 2 is 1.44 bits per heavy atom. The molecule has 0 spiro atoms. The molecule has 0 aliphatic carbocycles. The van der Waals surface area contributed by atoms with Gasteiger partial charge in [0.15, 0.2) is 0 Å². The molecule has 0 amide bonds. The van der Waals surface area contributed by atoms with Crippen LogP contribution in [0.1, 0.15) is 51.0 Å². The van der Waals surface area contributed by atoms with E-state index in [1.165, 1.54) is 48.9 Å². The summed E-state index contributed by atoms with van der Waals surface area (Å²) in [7, 11) is 0. The Morgan fingerprint density at radius 1 is 0.833 bits per heavy atom. The number of rotatable bonds is 9. The molecular formula is C17H30As+. The summed E-state index contributed by atoms with van der Waals surface area (Å²) in [6.45, 7) is 2.29. The van der Waals surface area contributed by atoms with Crippen LogP contribution in [-0.2, 0) is 5.21 Å². The van der Waals surface area contributed by atoms with Crippen LogP contribution in [0.4, 0.5) is 0 Å². The third kappa shape index (κ3) is 7.27. The first-order valence-electron chi connectivity index (χ1n) is 7.50. The van der Waals surface area contributed by atoms with E-state index in [0.29, 0.717) is 0 Å². The van der Waals surface area contributed by atoms with Crippen molar-refractivity contribution in [3.63, 3.8) is 0 Å². The minimum atomic E-state index is -1.36. The van der Waals surface area contributed by atoms with E-state index in [-0.39, 0.29) is 0 Å². The monoisotopic (exact) mass is 309 g/mol. The molecule has 0 N–H and O–H groups in total. The molecule has 0 heterocycles. The first kappa shape index (κ1) is 15.8. The van der Waals surface area contributed by atoms with Crippen LogP contribution in [0.25, 0.3) is 0 Å². The van der Waals surface area contributed by atoms with E-state index in [9.17, 15) is 0 Å². The van der Waals surface area contributed by atoms with Gasteiger partial charge in [-0.15, -0.1) is 0 Å². The maximum absolute atomic E-state index is 2.58. The van der Waals surface area contributed by atoms with Gasteiger partial charge in [-0.05, 0) is 0 Å². The van der Waals surface area contributed by atoms with Crippen LogP contribution in [0.3, 0.4) is 0 Å². The van der Waals surface area contributed by atoms with Crippen molar-refractivity contribution in [3.05, 3.63) is 35.9 Å². The molecule has 0 aliphatic heterocycles. The van der Waals surface area contributed by atoms with Gasteiger partial charge in [-0.1, -0.05) is 0 Å². The van der Waals surface area contributed by atoms with E-state index in [4.69, 9.17) is 0 Å². The molecule has 0 aliphatic rings. The van der Waals surface area contributed by atoms with E-state index < -0.39 is 13.6 Å². The molecule has 0 atom stereocenters. The quantitative estimate of drug-likeness (QED) is 0.397. The molecule has 0 saturated carbocycles. The molecule has 1 aromatic carbocycles. The number of unbranched alkanes of at least 4 members (excludes halogenated alkanes) is 5. The molecule has 1 aromatic rings. The number of hydrogen-bond donors (Lipinski definition) is 0. The average molecular weight is 309 g/mol. The van der Waals surface area contributed by atoms with Crippen molar-refractivity contribution in [2.45, 2.75) is 67.3 Å². The molecule has 0 radical (unpaired) electrons. The number of hydrogen-bond acceptors (Lipinski definition) is 0. The Kier molecular flexibility index (Phi) is 7.75. The normalized spacial score (nSPS) is 11.7. The molecule has 0 aromatic heterocycles. The summed E-state index contributed by atoms with van der Waals surface area (Å²) in [5.41, 5.74) is 6.72. The van der Waals surface area contributed by atoms with E-state index in [2.05, 4.69) is 48.7 Å². The molecule has 1 heteroatoms. The van der Waals surface area contributed by atoms with Crippen LogP contribution < -0.4 is 0 Å². The van der Waals surface area contributed by atoms with Gasteiger partial charge in [0, 0.05) is 0 Å². The standard InChI is InChI=1S/C17H30As/c1-4-5-6-7-8-12-15-18(2,3)16-17-13-10-9-11-14-17/h9-11,13-14H,4-8,12,15-16H2,1-3H3/q+1. The van der Waals surface area contributed by atoms with Crippen molar-refractivity contribution in [2.24, 2.45) is 0 Å². The van der Waals surface area contributed by atoms with Gasteiger partial charge in [0.05, 0.1) is 0 Å². The summed E-state index contributed by atoms with van der Waals surface area (Å²) >= 11 is -1.36. The van der Waals surface area contributed by atoms with Crippen molar-refractivity contribution in [1.29, 1.82) is 0 Å². The van der Waals surface area contributed by atoms with Crippen LogP contribution in [-0.4, -0.2) is 13.6 Å². The average Bonchev–Trinajstić information content (AvgIpc) is 2.34. The zero-order valence-corrected chi connectivity index (χ0v) is 14.4. The Hall–Kier alpha value is -0.222. The van der Waals surface area contributed by atoms with Crippen LogP contribution in [0.15, 0.2) is 30.3 Å². The first-order chi connectivity index (χ1) is 8.64. The summed E-state index contributed by atoms with van der Waals surface area (Å²) in [4.78, 5) is 0. The van der Waals surface area contributed by atoms with E-state index in [1.807, 2.05) is 0 Å². The van der Waals surface area contributed by atoms with Crippen molar-refractivity contribution in [3.8, 4) is 0 Å². The molecule has 18 heavy (non-hydrogen) atoms. The van der Waals surface area contributed by atoms with Crippen molar-refractivity contribution < 1.29 is 0 Å². The molecule has 0 bridgehead atoms. The van der Waals surface area contributed by atoms with E-state index >= 15 is 0 Å². The van der Waals surface area contributed by atoms with E-state index in [1.54, 1.807) is 5.56 Å². The third-order valence-corrected chi connectivity index (χ3v) is 9.34. The fourth-order valence-corrected chi connectivity index (χ4v) is 7.59. The van der Waals surface area contributed by atoms with Crippen molar-refractivity contribution in [2.75, 3.05) is 0 Å². The zero-order valence-electron chi connectivity index (χ0n) is 12.5. The predicted molar refractivity (Wildman–Crippen MR) is 85.8 cm³/mol. The fraction of sp³-hybridized carbons (Fsp3) is 0.647. The second-order valence-corrected chi connectivity index (χ2v) is 15.8. The minimum absolute atomic E-state index is 1.36. The summed E-state index contributed by atoms with van der Waals surface area (Å²) in [6.07, 6.45) is 8.61. The molecule has 0 unspecified atom stereocenters. The maximum atomic E-state index is 2.58.